The number of benzene rings is 1. The highest BCUT2D eigenvalue weighted by Crippen LogP contribution is 2.43. The van der Waals surface area contributed by atoms with Crippen molar-refractivity contribution < 1.29 is 9.90 Å². The van der Waals surface area contributed by atoms with Gasteiger partial charge in [-0.1, -0.05) is 25.5 Å². The topological polar surface area (TPSA) is 50.2 Å². The van der Waals surface area contributed by atoms with E-state index in [4.69, 9.17) is 0 Å². The summed E-state index contributed by atoms with van der Waals surface area (Å²) in [7, 11) is 0. The molecule has 1 fully saturated rings. The molecule has 1 N–H and O–H groups in total. The van der Waals surface area contributed by atoms with Gasteiger partial charge in [-0.05, 0) is 43.7 Å². The predicted molar refractivity (Wildman–Crippen MR) is 85.6 cm³/mol. The van der Waals surface area contributed by atoms with E-state index in [1.54, 1.807) is 11.3 Å². The van der Waals surface area contributed by atoms with Crippen molar-refractivity contribution in [2.24, 2.45) is 11.3 Å². The lowest BCUT2D eigenvalue weighted by atomic mass is 9.68. The second-order valence-corrected chi connectivity index (χ2v) is 7.30. The zero-order chi connectivity index (χ0) is 14.9. The van der Waals surface area contributed by atoms with Crippen LogP contribution < -0.4 is 0 Å². The Kier molecular flexibility index (Phi) is 3.98. The zero-order valence-electron chi connectivity index (χ0n) is 12.3. The van der Waals surface area contributed by atoms with Crippen LogP contribution in [0.15, 0.2) is 24.3 Å². The first-order chi connectivity index (χ1) is 10.1. The average Bonchev–Trinajstić information content (AvgIpc) is 2.89. The number of rotatable bonds is 4. The van der Waals surface area contributed by atoms with Crippen LogP contribution in [-0.4, -0.2) is 16.1 Å². The molecule has 0 radical (unpaired) electrons. The van der Waals surface area contributed by atoms with E-state index in [0.29, 0.717) is 12.3 Å². The molecule has 0 saturated heterocycles. The summed E-state index contributed by atoms with van der Waals surface area (Å²) in [5, 5.41) is 10.7. The van der Waals surface area contributed by atoms with Gasteiger partial charge >= 0.3 is 5.97 Å². The van der Waals surface area contributed by atoms with Crippen molar-refractivity contribution in [3.05, 3.63) is 29.3 Å². The molecule has 1 aliphatic carbocycles. The molecule has 21 heavy (non-hydrogen) atoms. The lowest BCUT2D eigenvalue weighted by Gasteiger charge is -2.36. The zero-order valence-corrected chi connectivity index (χ0v) is 13.2. The molecule has 0 bridgehead atoms. The molecule has 0 aliphatic heterocycles. The molecule has 1 aromatic heterocycles. The molecule has 0 spiro atoms. The summed E-state index contributed by atoms with van der Waals surface area (Å²) in [4.78, 5) is 16.5. The highest BCUT2D eigenvalue weighted by molar-refractivity contribution is 7.18. The van der Waals surface area contributed by atoms with Crippen LogP contribution in [0.25, 0.3) is 10.2 Å². The summed E-state index contributed by atoms with van der Waals surface area (Å²) in [6.45, 7) is 2.20. The van der Waals surface area contributed by atoms with Crippen LogP contribution in [0.4, 0.5) is 0 Å². The third-order valence-electron chi connectivity index (χ3n) is 4.92. The molecule has 0 atom stereocenters. The van der Waals surface area contributed by atoms with Crippen molar-refractivity contribution in [2.75, 3.05) is 0 Å². The average molecular weight is 303 g/mol. The number of nitrogens with zero attached hydrogens (tertiary/aromatic N) is 1. The van der Waals surface area contributed by atoms with Crippen molar-refractivity contribution in [2.45, 2.75) is 45.4 Å². The van der Waals surface area contributed by atoms with Crippen LogP contribution in [0.3, 0.4) is 0 Å². The highest BCUT2D eigenvalue weighted by atomic mass is 32.1. The van der Waals surface area contributed by atoms with Gasteiger partial charge in [0.25, 0.3) is 0 Å². The van der Waals surface area contributed by atoms with E-state index in [-0.39, 0.29) is 0 Å². The van der Waals surface area contributed by atoms with Crippen LogP contribution in [0.1, 0.15) is 44.0 Å². The maximum absolute atomic E-state index is 11.9. The van der Waals surface area contributed by atoms with Gasteiger partial charge in [-0.15, -0.1) is 11.3 Å². The second-order valence-electron chi connectivity index (χ2n) is 6.19. The standard InChI is InChI=1S/C17H21NO2S/c1-2-12-7-9-17(10-8-12,16(19)20)11-15-18-13-5-3-4-6-14(13)21-15/h3-6,12H,2,7-11H2,1H3,(H,19,20). The molecule has 2 aromatic rings. The van der Waals surface area contributed by atoms with Crippen molar-refractivity contribution in [3.8, 4) is 0 Å². The third kappa shape index (κ3) is 2.82. The van der Waals surface area contributed by atoms with Crippen molar-refractivity contribution in [1.29, 1.82) is 0 Å². The van der Waals surface area contributed by atoms with Gasteiger partial charge in [0.15, 0.2) is 0 Å². The Bertz CT molecular complexity index is 608. The number of carbonyl (C=O) groups is 1. The number of fused-ring (bicyclic) bond motifs is 1. The Morgan fingerprint density at radius 3 is 2.71 bits per heavy atom. The summed E-state index contributed by atoms with van der Waals surface area (Å²) < 4.78 is 1.15. The molecule has 1 heterocycles. The van der Waals surface area contributed by atoms with E-state index < -0.39 is 11.4 Å². The molecule has 1 saturated carbocycles. The molecule has 0 unspecified atom stereocenters. The number of hydrogen-bond donors (Lipinski definition) is 1. The first-order valence-electron chi connectivity index (χ1n) is 7.71. The molecule has 1 aliphatic rings. The Balaban J connectivity index is 1.84. The fraction of sp³-hybridized carbons (Fsp3) is 0.529. The van der Waals surface area contributed by atoms with Crippen LogP contribution in [0.2, 0.25) is 0 Å². The van der Waals surface area contributed by atoms with Crippen molar-refractivity contribution >= 4 is 27.5 Å². The van der Waals surface area contributed by atoms with Gasteiger partial charge in [-0.25, -0.2) is 4.98 Å². The minimum Gasteiger partial charge on any atom is -0.481 e. The number of para-hydroxylation sites is 1. The minimum absolute atomic E-state index is 0.581. The summed E-state index contributed by atoms with van der Waals surface area (Å²) in [6, 6.07) is 8.03. The Labute approximate surface area is 129 Å². The molecule has 3 nitrogen and oxygen atoms in total. The molecule has 1 aromatic carbocycles. The van der Waals surface area contributed by atoms with E-state index in [0.717, 1.165) is 47.3 Å². The Hall–Kier alpha value is -1.42. The lowest BCUT2D eigenvalue weighted by Crippen LogP contribution is -2.37. The molecule has 4 heteroatoms. The fourth-order valence-corrected chi connectivity index (χ4v) is 4.50. The van der Waals surface area contributed by atoms with Gasteiger partial charge in [0.1, 0.15) is 0 Å². The minimum atomic E-state index is -0.642. The summed E-state index contributed by atoms with van der Waals surface area (Å²) in [5.41, 5.74) is 0.389. The number of aromatic nitrogens is 1. The van der Waals surface area contributed by atoms with Gasteiger partial charge in [0.05, 0.1) is 20.6 Å². The quantitative estimate of drug-likeness (QED) is 0.904. The monoisotopic (exact) mass is 303 g/mol. The maximum Gasteiger partial charge on any atom is 0.310 e. The van der Waals surface area contributed by atoms with E-state index in [1.165, 1.54) is 0 Å². The van der Waals surface area contributed by atoms with E-state index >= 15 is 0 Å². The number of carboxylic acid groups (broad SMARTS) is 1. The van der Waals surface area contributed by atoms with Gasteiger partial charge in [0.2, 0.25) is 0 Å². The van der Waals surface area contributed by atoms with E-state index in [2.05, 4.69) is 18.0 Å². The predicted octanol–water partition coefficient (Wildman–Crippen LogP) is 4.51. The molecule has 0 amide bonds. The van der Waals surface area contributed by atoms with Crippen LogP contribution in [0, 0.1) is 11.3 Å². The van der Waals surface area contributed by atoms with Gasteiger partial charge in [-0.3, -0.25) is 4.79 Å². The summed E-state index contributed by atoms with van der Waals surface area (Å²) in [5.74, 6) is 0.0594. The van der Waals surface area contributed by atoms with Crippen LogP contribution >= 0.6 is 11.3 Å². The molecular formula is C17H21NO2S. The highest BCUT2D eigenvalue weighted by Gasteiger charge is 2.42. The Morgan fingerprint density at radius 2 is 2.10 bits per heavy atom. The number of hydrogen-bond acceptors (Lipinski definition) is 3. The largest absolute Gasteiger partial charge is 0.481 e. The van der Waals surface area contributed by atoms with Crippen molar-refractivity contribution in [1.82, 2.24) is 4.98 Å². The van der Waals surface area contributed by atoms with E-state index in [1.807, 2.05) is 18.2 Å². The summed E-state index contributed by atoms with van der Waals surface area (Å²) >= 11 is 1.64. The van der Waals surface area contributed by atoms with Gasteiger partial charge in [0, 0.05) is 6.42 Å². The molecule has 3 rings (SSSR count). The third-order valence-corrected chi connectivity index (χ3v) is 5.96. The SMILES string of the molecule is CCC1CCC(Cc2nc3ccccc3s2)(C(=O)O)CC1. The first-order valence-corrected chi connectivity index (χ1v) is 8.52. The lowest BCUT2D eigenvalue weighted by molar-refractivity contribution is -0.151. The normalized spacial score (nSPS) is 26.0. The maximum atomic E-state index is 11.9. The first kappa shape index (κ1) is 14.5. The van der Waals surface area contributed by atoms with E-state index in [9.17, 15) is 9.90 Å². The van der Waals surface area contributed by atoms with Crippen LogP contribution in [0.5, 0.6) is 0 Å². The number of thiazole rings is 1. The van der Waals surface area contributed by atoms with Gasteiger partial charge in [-0.2, -0.15) is 0 Å². The van der Waals surface area contributed by atoms with Crippen LogP contribution in [-0.2, 0) is 11.2 Å². The smallest absolute Gasteiger partial charge is 0.310 e. The summed E-state index contributed by atoms with van der Waals surface area (Å²) in [6.07, 6.45) is 5.39. The Morgan fingerprint density at radius 1 is 1.38 bits per heavy atom. The number of aliphatic carboxylic acids is 1. The fourth-order valence-electron chi connectivity index (χ4n) is 3.39. The van der Waals surface area contributed by atoms with Crippen molar-refractivity contribution in [3.63, 3.8) is 0 Å². The molecule has 112 valence electrons. The molecular weight excluding hydrogens is 282 g/mol. The van der Waals surface area contributed by atoms with Gasteiger partial charge < -0.3 is 5.11 Å². The second kappa shape index (κ2) is 5.76. The number of carboxylic acids is 1.